The van der Waals surface area contributed by atoms with Gasteiger partial charge in [0.15, 0.2) is 0 Å². The van der Waals surface area contributed by atoms with Gasteiger partial charge in [-0.05, 0) is 25.5 Å². The second-order valence-electron chi connectivity index (χ2n) is 3.91. The third-order valence-corrected chi connectivity index (χ3v) is 2.45. The number of carbonyl (C=O) groups is 2. The molecule has 7 nitrogen and oxygen atoms in total. The molecule has 1 atom stereocenters. The Morgan fingerprint density at radius 2 is 2.05 bits per heavy atom. The van der Waals surface area contributed by atoms with Crippen LogP contribution in [0.15, 0.2) is 12.1 Å². The van der Waals surface area contributed by atoms with Gasteiger partial charge < -0.3 is 10.4 Å². The highest BCUT2D eigenvalue weighted by molar-refractivity contribution is 5.98. The molecule has 102 valence electrons. The number of rotatable bonds is 4. The summed E-state index contributed by atoms with van der Waals surface area (Å²) in [7, 11) is 0. The number of carboxylic acid groups (broad SMARTS) is 1. The van der Waals surface area contributed by atoms with Gasteiger partial charge in [-0.2, -0.15) is 4.39 Å². The van der Waals surface area contributed by atoms with Gasteiger partial charge in [0.2, 0.25) is 5.82 Å². The molecule has 0 bridgehead atoms. The maximum absolute atomic E-state index is 13.3. The molecule has 1 aromatic carbocycles. The monoisotopic (exact) mass is 270 g/mol. The van der Waals surface area contributed by atoms with Crippen LogP contribution in [-0.4, -0.2) is 27.9 Å². The molecule has 0 aliphatic carbocycles. The predicted octanol–water partition coefficient (Wildman–Crippen LogP) is 1.25. The highest BCUT2D eigenvalue weighted by atomic mass is 19.1. The number of nitro groups is 1. The molecule has 8 heteroatoms. The number of benzene rings is 1. The molecule has 0 radical (unpaired) electrons. The first-order chi connectivity index (χ1) is 8.73. The Bertz CT molecular complexity index is 558. The zero-order valence-corrected chi connectivity index (χ0v) is 10.1. The Kier molecular flexibility index (Phi) is 4.15. The van der Waals surface area contributed by atoms with E-state index in [1.54, 1.807) is 0 Å². The van der Waals surface area contributed by atoms with Crippen molar-refractivity contribution in [1.82, 2.24) is 5.32 Å². The molecule has 0 heterocycles. The van der Waals surface area contributed by atoms with Crippen LogP contribution in [0.25, 0.3) is 0 Å². The van der Waals surface area contributed by atoms with Gasteiger partial charge in [0.25, 0.3) is 5.91 Å². The molecule has 0 unspecified atom stereocenters. The number of amides is 1. The summed E-state index contributed by atoms with van der Waals surface area (Å²) in [5.74, 6) is -3.11. The maximum Gasteiger partial charge on any atom is 0.325 e. The van der Waals surface area contributed by atoms with E-state index in [0.29, 0.717) is 0 Å². The van der Waals surface area contributed by atoms with Crippen LogP contribution in [0.5, 0.6) is 0 Å². The van der Waals surface area contributed by atoms with E-state index in [9.17, 15) is 24.1 Å². The van der Waals surface area contributed by atoms with Crippen molar-refractivity contribution < 1.29 is 24.0 Å². The van der Waals surface area contributed by atoms with Gasteiger partial charge in [0.05, 0.1) is 4.92 Å². The van der Waals surface area contributed by atoms with Crippen molar-refractivity contribution in [3.05, 3.63) is 39.2 Å². The van der Waals surface area contributed by atoms with Gasteiger partial charge in [-0.25, -0.2) is 0 Å². The van der Waals surface area contributed by atoms with Crippen LogP contribution in [0.4, 0.5) is 10.1 Å². The summed E-state index contributed by atoms with van der Waals surface area (Å²) in [5.41, 5.74) is -0.793. The van der Waals surface area contributed by atoms with Crippen LogP contribution in [0, 0.1) is 22.9 Å². The fourth-order valence-corrected chi connectivity index (χ4v) is 1.38. The number of hydrogen-bond donors (Lipinski definition) is 2. The van der Waals surface area contributed by atoms with Crippen molar-refractivity contribution in [1.29, 1.82) is 0 Å². The number of carboxylic acids is 1. The van der Waals surface area contributed by atoms with Crippen molar-refractivity contribution in [2.24, 2.45) is 0 Å². The van der Waals surface area contributed by atoms with Gasteiger partial charge in [-0.15, -0.1) is 0 Å². The minimum atomic E-state index is -1.25. The van der Waals surface area contributed by atoms with E-state index < -0.39 is 34.3 Å². The smallest absolute Gasteiger partial charge is 0.325 e. The molecule has 1 amide bonds. The lowest BCUT2D eigenvalue weighted by Gasteiger charge is -2.11. The number of nitro benzene ring substituents is 1. The van der Waals surface area contributed by atoms with E-state index in [-0.39, 0.29) is 11.1 Å². The lowest BCUT2D eigenvalue weighted by atomic mass is 10.1. The van der Waals surface area contributed by atoms with Crippen molar-refractivity contribution in [3.63, 3.8) is 0 Å². The summed E-state index contributed by atoms with van der Waals surface area (Å²) in [6, 6.07) is 0.489. The fraction of sp³-hybridized carbons (Fsp3) is 0.273. The number of nitrogens with one attached hydrogen (secondary N) is 1. The third kappa shape index (κ3) is 3.24. The highest BCUT2D eigenvalue weighted by Gasteiger charge is 2.22. The molecule has 0 fully saturated rings. The predicted molar refractivity (Wildman–Crippen MR) is 62.4 cm³/mol. The molecular weight excluding hydrogens is 259 g/mol. The second kappa shape index (κ2) is 5.42. The summed E-state index contributed by atoms with van der Waals surface area (Å²) < 4.78 is 13.3. The van der Waals surface area contributed by atoms with Crippen molar-refractivity contribution >= 4 is 17.6 Å². The molecule has 2 N–H and O–H groups in total. The van der Waals surface area contributed by atoms with Crippen molar-refractivity contribution in [2.75, 3.05) is 0 Å². The summed E-state index contributed by atoms with van der Waals surface area (Å²) in [4.78, 5) is 32.0. The van der Waals surface area contributed by atoms with Gasteiger partial charge in [-0.1, -0.05) is 0 Å². The number of hydrogen-bond acceptors (Lipinski definition) is 4. The average Bonchev–Trinajstić information content (AvgIpc) is 2.27. The lowest BCUT2D eigenvalue weighted by Crippen LogP contribution is -2.38. The van der Waals surface area contributed by atoms with E-state index in [1.807, 2.05) is 0 Å². The van der Waals surface area contributed by atoms with Crippen LogP contribution in [0.1, 0.15) is 22.8 Å². The van der Waals surface area contributed by atoms with Gasteiger partial charge in [0.1, 0.15) is 6.04 Å². The SMILES string of the molecule is Cc1cc(F)c([N+](=O)[O-])cc1C(=O)N[C@@H](C)C(=O)O. The largest absolute Gasteiger partial charge is 0.480 e. The zero-order valence-electron chi connectivity index (χ0n) is 10.1. The summed E-state index contributed by atoms with van der Waals surface area (Å²) in [6.45, 7) is 2.64. The average molecular weight is 270 g/mol. The third-order valence-electron chi connectivity index (χ3n) is 2.45. The number of aliphatic carboxylic acids is 1. The minimum Gasteiger partial charge on any atom is -0.480 e. The van der Waals surface area contributed by atoms with Crippen LogP contribution in [-0.2, 0) is 4.79 Å². The van der Waals surface area contributed by atoms with Crippen LogP contribution < -0.4 is 5.32 Å². The Balaban J connectivity index is 3.13. The minimum absolute atomic E-state index is 0.138. The van der Waals surface area contributed by atoms with Crippen molar-refractivity contribution in [2.45, 2.75) is 19.9 Å². The Morgan fingerprint density at radius 1 is 1.47 bits per heavy atom. The number of nitrogens with zero attached hydrogens (tertiary/aromatic N) is 1. The first kappa shape index (κ1) is 14.6. The lowest BCUT2D eigenvalue weighted by molar-refractivity contribution is -0.387. The number of carbonyl (C=O) groups excluding carboxylic acids is 1. The molecule has 0 aromatic heterocycles. The van der Waals surface area contributed by atoms with Gasteiger partial charge in [0, 0.05) is 11.6 Å². The molecule has 0 spiro atoms. The molecule has 19 heavy (non-hydrogen) atoms. The Hall–Kier alpha value is -2.51. The molecule has 1 rings (SSSR count). The Morgan fingerprint density at radius 3 is 2.53 bits per heavy atom. The normalized spacial score (nSPS) is 11.7. The molecule has 0 aliphatic heterocycles. The van der Waals surface area contributed by atoms with Crippen LogP contribution >= 0.6 is 0 Å². The second-order valence-corrected chi connectivity index (χ2v) is 3.91. The maximum atomic E-state index is 13.3. The number of aryl methyl sites for hydroxylation is 1. The molecule has 0 saturated heterocycles. The van der Waals surface area contributed by atoms with E-state index in [0.717, 1.165) is 12.1 Å². The van der Waals surface area contributed by atoms with Crippen LogP contribution in [0.2, 0.25) is 0 Å². The fourth-order valence-electron chi connectivity index (χ4n) is 1.38. The first-order valence-electron chi connectivity index (χ1n) is 5.22. The first-order valence-corrected chi connectivity index (χ1v) is 5.22. The van der Waals surface area contributed by atoms with Crippen LogP contribution in [0.3, 0.4) is 0 Å². The zero-order chi connectivity index (χ0) is 14.7. The molecule has 1 aromatic rings. The quantitative estimate of drug-likeness (QED) is 0.632. The summed E-state index contributed by atoms with van der Waals surface area (Å²) >= 11 is 0. The summed E-state index contributed by atoms with van der Waals surface area (Å²) in [6.07, 6.45) is 0. The highest BCUT2D eigenvalue weighted by Crippen LogP contribution is 2.22. The molecular formula is C11H11FN2O5. The summed E-state index contributed by atoms with van der Waals surface area (Å²) in [5, 5.41) is 21.4. The number of halogens is 1. The standard InChI is InChI=1S/C11H11FN2O5/c1-5-3-8(12)9(14(18)19)4-7(5)10(15)13-6(2)11(16)17/h3-4,6H,1-2H3,(H,13,15)(H,16,17)/t6-/m0/s1. The topological polar surface area (TPSA) is 110 Å². The van der Waals surface area contributed by atoms with E-state index in [2.05, 4.69) is 5.32 Å². The molecule has 0 saturated carbocycles. The van der Waals surface area contributed by atoms with E-state index in [4.69, 9.17) is 5.11 Å². The van der Waals surface area contributed by atoms with Gasteiger partial charge >= 0.3 is 11.7 Å². The van der Waals surface area contributed by atoms with Crippen molar-refractivity contribution in [3.8, 4) is 0 Å². The van der Waals surface area contributed by atoms with E-state index in [1.165, 1.54) is 13.8 Å². The van der Waals surface area contributed by atoms with E-state index >= 15 is 0 Å². The van der Waals surface area contributed by atoms with Gasteiger partial charge in [-0.3, -0.25) is 19.7 Å². The Labute approximate surface area is 107 Å². The molecule has 0 aliphatic rings.